The molecular weight excluding hydrogens is 304 g/mol. The Labute approximate surface area is 135 Å². The molecular formula is C16H21ClN2O3. The zero-order chi connectivity index (χ0) is 15.9. The van der Waals surface area contributed by atoms with Crippen LogP contribution in [0.4, 0.5) is 5.69 Å². The van der Waals surface area contributed by atoms with Crippen LogP contribution in [-0.2, 0) is 14.3 Å². The molecule has 1 aromatic carbocycles. The Hall–Kier alpha value is -1.59. The summed E-state index contributed by atoms with van der Waals surface area (Å²) < 4.78 is 5.06. The van der Waals surface area contributed by atoms with E-state index >= 15 is 0 Å². The minimum Gasteiger partial charge on any atom is -0.466 e. The van der Waals surface area contributed by atoms with Crippen LogP contribution in [0.1, 0.15) is 19.8 Å². The van der Waals surface area contributed by atoms with Gasteiger partial charge in [0, 0.05) is 17.3 Å². The number of halogens is 1. The highest BCUT2D eigenvalue weighted by molar-refractivity contribution is 6.30. The Balaban J connectivity index is 1.84. The minimum absolute atomic E-state index is 0.105. The van der Waals surface area contributed by atoms with Crippen molar-refractivity contribution in [2.24, 2.45) is 5.92 Å². The van der Waals surface area contributed by atoms with Crippen LogP contribution >= 0.6 is 11.6 Å². The van der Waals surface area contributed by atoms with E-state index < -0.39 is 0 Å². The van der Waals surface area contributed by atoms with E-state index in [9.17, 15) is 9.59 Å². The first kappa shape index (κ1) is 16.8. The molecule has 120 valence electrons. The third-order valence-electron chi connectivity index (χ3n) is 3.60. The summed E-state index contributed by atoms with van der Waals surface area (Å²) in [5.41, 5.74) is 0.677. The van der Waals surface area contributed by atoms with Crippen molar-refractivity contribution in [3.63, 3.8) is 0 Å². The van der Waals surface area contributed by atoms with Gasteiger partial charge in [0.15, 0.2) is 0 Å². The van der Waals surface area contributed by atoms with Gasteiger partial charge in [-0.15, -0.1) is 0 Å². The second-order valence-electron chi connectivity index (χ2n) is 5.38. The number of hydrogen-bond donors (Lipinski definition) is 1. The van der Waals surface area contributed by atoms with E-state index in [0.717, 1.165) is 19.4 Å². The number of nitrogens with zero attached hydrogens (tertiary/aromatic N) is 1. The number of carbonyl (C=O) groups excluding carboxylic acids is 2. The Morgan fingerprint density at radius 1 is 1.45 bits per heavy atom. The van der Waals surface area contributed by atoms with Gasteiger partial charge in [-0.3, -0.25) is 14.5 Å². The molecule has 1 fully saturated rings. The summed E-state index contributed by atoms with van der Waals surface area (Å²) in [4.78, 5) is 25.9. The van der Waals surface area contributed by atoms with E-state index in [4.69, 9.17) is 16.3 Å². The molecule has 0 saturated carbocycles. The number of hydrogen-bond acceptors (Lipinski definition) is 4. The van der Waals surface area contributed by atoms with Crippen molar-refractivity contribution in [1.29, 1.82) is 0 Å². The fraction of sp³-hybridized carbons (Fsp3) is 0.500. The Morgan fingerprint density at radius 3 is 3.00 bits per heavy atom. The molecule has 5 nitrogen and oxygen atoms in total. The molecule has 1 atom stereocenters. The molecule has 1 amide bonds. The van der Waals surface area contributed by atoms with Crippen LogP contribution in [0.15, 0.2) is 24.3 Å². The molecule has 1 heterocycles. The number of carbonyl (C=O) groups is 2. The number of benzene rings is 1. The largest absolute Gasteiger partial charge is 0.466 e. The van der Waals surface area contributed by atoms with Gasteiger partial charge >= 0.3 is 5.97 Å². The van der Waals surface area contributed by atoms with Crippen molar-refractivity contribution in [3.8, 4) is 0 Å². The number of likely N-dealkylation sites (tertiary alicyclic amines) is 1. The van der Waals surface area contributed by atoms with Crippen molar-refractivity contribution < 1.29 is 14.3 Å². The number of piperidine rings is 1. The topological polar surface area (TPSA) is 58.6 Å². The summed E-state index contributed by atoms with van der Waals surface area (Å²) in [6.45, 7) is 3.85. The number of rotatable bonds is 5. The van der Waals surface area contributed by atoms with Crippen LogP contribution in [0.5, 0.6) is 0 Å². The normalized spacial score (nSPS) is 18.7. The highest BCUT2D eigenvalue weighted by atomic mass is 35.5. The summed E-state index contributed by atoms with van der Waals surface area (Å²) in [6, 6.07) is 7.04. The highest BCUT2D eigenvalue weighted by Crippen LogP contribution is 2.18. The van der Waals surface area contributed by atoms with E-state index in [2.05, 4.69) is 5.32 Å². The maximum atomic E-state index is 12.1. The molecule has 1 aliphatic rings. The lowest BCUT2D eigenvalue weighted by atomic mass is 9.98. The summed E-state index contributed by atoms with van der Waals surface area (Å²) in [5, 5.41) is 3.40. The molecule has 0 aliphatic carbocycles. The van der Waals surface area contributed by atoms with Crippen molar-refractivity contribution >= 4 is 29.2 Å². The first-order valence-electron chi connectivity index (χ1n) is 7.53. The zero-order valence-corrected chi connectivity index (χ0v) is 13.4. The molecule has 6 heteroatoms. The fourth-order valence-corrected chi connectivity index (χ4v) is 2.81. The molecule has 0 spiro atoms. The summed E-state index contributed by atoms with van der Waals surface area (Å²) >= 11 is 5.89. The molecule has 1 saturated heterocycles. The van der Waals surface area contributed by atoms with Crippen molar-refractivity contribution in [2.45, 2.75) is 19.8 Å². The number of ether oxygens (including phenoxy) is 1. The molecule has 0 bridgehead atoms. The van der Waals surface area contributed by atoms with Gasteiger partial charge in [-0.25, -0.2) is 0 Å². The van der Waals surface area contributed by atoms with Crippen LogP contribution in [0.2, 0.25) is 5.02 Å². The average molecular weight is 325 g/mol. The predicted octanol–water partition coefficient (Wildman–Crippen LogP) is 2.55. The minimum atomic E-state index is -0.164. The van der Waals surface area contributed by atoms with Crippen LogP contribution in [-0.4, -0.2) is 43.0 Å². The van der Waals surface area contributed by atoms with Gasteiger partial charge in [0.05, 0.1) is 19.1 Å². The highest BCUT2D eigenvalue weighted by Gasteiger charge is 2.27. The van der Waals surface area contributed by atoms with Gasteiger partial charge < -0.3 is 10.1 Å². The fourth-order valence-electron chi connectivity index (χ4n) is 2.62. The van der Waals surface area contributed by atoms with Gasteiger partial charge in [-0.1, -0.05) is 17.7 Å². The van der Waals surface area contributed by atoms with E-state index in [1.54, 1.807) is 31.2 Å². The van der Waals surface area contributed by atoms with Crippen molar-refractivity contribution in [3.05, 3.63) is 29.3 Å². The first-order valence-corrected chi connectivity index (χ1v) is 7.90. The standard InChI is InChI=1S/C16H21ClN2O3/c1-2-22-16(21)12-5-4-8-19(10-12)11-15(20)18-14-7-3-6-13(17)9-14/h3,6-7,9,12H,2,4-5,8,10-11H2,1H3,(H,18,20)/t12-/m1/s1. The van der Waals surface area contributed by atoms with Gasteiger partial charge in [0.2, 0.25) is 5.91 Å². The summed E-state index contributed by atoms with van der Waals surface area (Å²) in [5.74, 6) is -0.401. The number of esters is 1. The van der Waals surface area contributed by atoms with Gasteiger partial charge in [0.25, 0.3) is 0 Å². The Bertz CT molecular complexity index is 536. The van der Waals surface area contributed by atoms with Gasteiger partial charge in [-0.05, 0) is 44.5 Å². The smallest absolute Gasteiger partial charge is 0.310 e. The second-order valence-corrected chi connectivity index (χ2v) is 5.82. The van der Waals surface area contributed by atoms with Crippen LogP contribution < -0.4 is 5.32 Å². The average Bonchev–Trinajstić information content (AvgIpc) is 2.47. The second kappa shape index (κ2) is 8.15. The summed E-state index contributed by atoms with van der Waals surface area (Å²) in [7, 11) is 0. The van der Waals surface area contributed by atoms with E-state index in [1.165, 1.54) is 0 Å². The lowest BCUT2D eigenvalue weighted by Crippen LogP contribution is -2.43. The SMILES string of the molecule is CCOC(=O)[C@@H]1CCCN(CC(=O)Nc2cccc(Cl)c2)C1. The third-order valence-corrected chi connectivity index (χ3v) is 3.84. The van der Waals surface area contributed by atoms with E-state index in [1.807, 2.05) is 4.90 Å². The van der Waals surface area contributed by atoms with Gasteiger partial charge in [-0.2, -0.15) is 0 Å². The molecule has 0 aromatic heterocycles. The lowest BCUT2D eigenvalue weighted by molar-refractivity contribution is -0.150. The maximum Gasteiger partial charge on any atom is 0.310 e. The van der Waals surface area contributed by atoms with E-state index in [0.29, 0.717) is 23.9 Å². The molecule has 0 radical (unpaired) electrons. The van der Waals surface area contributed by atoms with E-state index in [-0.39, 0.29) is 24.3 Å². The zero-order valence-electron chi connectivity index (χ0n) is 12.7. The summed E-state index contributed by atoms with van der Waals surface area (Å²) in [6.07, 6.45) is 1.72. The van der Waals surface area contributed by atoms with Crippen molar-refractivity contribution in [1.82, 2.24) is 4.90 Å². The Morgan fingerprint density at radius 2 is 2.27 bits per heavy atom. The van der Waals surface area contributed by atoms with Crippen LogP contribution in [0, 0.1) is 5.92 Å². The maximum absolute atomic E-state index is 12.1. The monoisotopic (exact) mass is 324 g/mol. The lowest BCUT2D eigenvalue weighted by Gasteiger charge is -2.30. The number of nitrogens with one attached hydrogen (secondary N) is 1. The predicted molar refractivity (Wildman–Crippen MR) is 85.9 cm³/mol. The van der Waals surface area contributed by atoms with Crippen molar-refractivity contribution in [2.75, 3.05) is 31.6 Å². The molecule has 1 aliphatic heterocycles. The van der Waals surface area contributed by atoms with Gasteiger partial charge in [0.1, 0.15) is 0 Å². The molecule has 22 heavy (non-hydrogen) atoms. The van der Waals surface area contributed by atoms with Crippen LogP contribution in [0.3, 0.4) is 0 Å². The number of amides is 1. The first-order chi connectivity index (χ1) is 10.6. The number of anilines is 1. The molecule has 1 N–H and O–H groups in total. The molecule has 0 unspecified atom stereocenters. The molecule has 2 rings (SSSR count). The Kier molecular flexibility index (Phi) is 6.21. The third kappa shape index (κ3) is 5.00. The quantitative estimate of drug-likeness (QED) is 0.846. The van der Waals surface area contributed by atoms with Crippen LogP contribution in [0.25, 0.3) is 0 Å². The molecule has 1 aromatic rings.